The van der Waals surface area contributed by atoms with E-state index in [2.05, 4.69) is 19.9 Å². The van der Waals surface area contributed by atoms with Crippen molar-refractivity contribution in [2.75, 3.05) is 26.2 Å². The highest BCUT2D eigenvalue weighted by molar-refractivity contribution is 7.89. The summed E-state index contributed by atoms with van der Waals surface area (Å²) in [5, 5.41) is -0.0725. The normalized spacial score (nSPS) is 23.9. The van der Waals surface area contributed by atoms with Gasteiger partial charge in [0.1, 0.15) is 12.4 Å². The molecule has 2 aliphatic rings. The topological polar surface area (TPSA) is 93.5 Å². The first-order chi connectivity index (χ1) is 15.1. The zero-order valence-electron chi connectivity index (χ0n) is 17.6. The first-order valence-corrected chi connectivity index (χ1v) is 11.9. The molecule has 0 bridgehead atoms. The molecule has 0 saturated carbocycles. The lowest BCUT2D eigenvalue weighted by molar-refractivity contribution is -0.141. The third-order valence-corrected chi connectivity index (χ3v) is 7.52. The van der Waals surface area contributed by atoms with Crippen LogP contribution in [0.2, 0.25) is 0 Å². The lowest BCUT2D eigenvalue weighted by Crippen LogP contribution is -2.46. The summed E-state index contributed by atoms with van der Waals surface area (Å²) in [6.45, 7) is 1.71. The number of rotatable bonds is 5. The molecule has 0 aromatic carbocycles. The Morgan fingerprint density at radius 1 is 1.06 bits per heavy atom. The van der Waals surface area contributed by atoms with Crippen molar-refractivity contribution >= 4 is 10.0 Å². The van der Waals surface area contributed by atoms with E-state index >= 15 is 0 Å². The number of nitrogens with zero attached hydrogens (tertiary/aromatic N) is 6. The Hall–Kier alpha value is -2.25. The quantitative estimate of drug-likeness (QED) is 0.654. The number of likely N-dealkylation sites (tertiary alicyclic amines) is 1. The van der Waals surface area contributed by atoms with Gasteiger partial charge in [0.05, 0.1) is 18.9 Å². The second-order valence-corrected chi connectivity index (χ2v) is 10.00. The van der Waals surface area contributed by atoms with Gasteiger partial charge in [0.2, 0.25) is 5.88 Å². The molecule has 4 rings (SSSR count). The van der Waals surface area contributed by atoms with E-state index in [1.807, 2.05) is 0 Å². The second kappa shape index (κ2) is 8.94. The van der Waals surface area contributed by atoms with E-state index in [0.29, 0.717) is 0 Å². The third kappa shape index (κ3) is 4.89. The molecule has 0 N–H and O–H groups in total. The molecule has 0 spiro atoms. The van der Waals surface area contributed by atoms with Crippen molar-refractivity contribution in [2.24, 2.45) is 7.05 Å². The largest absolute Gasteiger partial charge is 0.471 e. The van der Waals surface area contributed by atoms with Gasteiger partial charge in [-0.05, 0) is 25.9 Å². The van der Waals surface area contributed by atoms with Gasteiger partial charge in [-0.3, -0.25) is 4.90 Å². The van der Waals surface area contributed by atoms with Gasteiger partial charge in [0.15, 0.2) is 10.7 Å². The fourth-order valence-corrected chi connectivity index (χ4v) is 5.62. The standard InChI is InChI=1S/C19H25F3N6O3S/c1-26-11-18(25-13-26)32(29,30)28-9-14(27-6-4-2-3-5-7-27)15(10-28)31-17-8-16(19(20,21)22)23-12-24-17/h8,11-15H,2-7,9-10H2,1H3/t14-,15-/m0/s1. The molecule has 176 valence electrons. The summed E-state index contributed by atoms with van der Waals surface area (Å²) in [6, 6.07) is 0.436. The molecule has 2 aliphatic heterocycles. The molecule has 2 atom stereocenters. The van der Waals surface area contributed by atoms with Crippen LogP contribution >= 0.6 is 0 Å². The zero-order chi connectivity index (χ0) is 22.9. The first kappa shape index (κ1) is 22.9. The van der Waals surface area contributed by atoms with Gasteiger partial charge in [0.25, 0.3) is 10.0 Å². The lowest BCUT2D eigenvalue weighted by Gasteiger charge is -2.31. The Labute approximate surface area is 184 Å². The van der Waals surface area contributed by atoms with Gasteiger partial charge in [-0.25, -0.2) is 23.4 Å². The minimum absolute atomic E-state index is 0.00850. The van der Waals surface area contributed by atoms with Crippen LogP contribution in [-0.2, 0) is 23.2 Å². The highest BCUT2D eigenvalue weighted by atomic mass is 32.2. The predicted octanol–water partition coefficient (Wildman–Crippen LogP) is 1.93. The Morgan fingerprint density at radius 2 is 1.78 bits per heavy atom. The van der Waals surface area contributed by atoms with Gasteiger partial charge < -0.3 is 9.30 Å². The van der Waals surface area contributed by atoms with Crippen LogP contribution in [0.4, 0.5) is 13.2 Å². The molecular weight excluding hydrogens is 449 g/mol. The number of sulfonamides is 1. The number of hydrogen-bond donors (Lipinski definition) is 0. The second-order valence-electron chi connectivity index (χ2n) is 8.11. The van der Waals surface area contributed by atoms with Crippen molar-refractivity contribution in [3.8, 4) is 5.88 Å². The highest BCUT2D eigenvalue weighted by Crippen LogP contribution is 2.31. The minimum atomic E-state index is -4.63. The summed E-state index contributed by atoms with van der Waals surface area (Å²) >= 11 is 0. The summed E-state index contributed by atoms with van der Waals surface area (Å²) in [5.41, 5.74) is -1.11. The molecule has 2 aromatic heterocycles. The van der Waals surface area contributed by atoms with Crippen molar-refractivity contribution in [2.45, 2.75) is 49.0 Å². The minimum Gasteiger partial charge on any atom is -0.471 e. The highest BCUT2D eigenvalue weighted by Gasteiger charge is 2.44. The Kier molecular flexibility index (Phi) is 6.41. The molecule has 0 amide bonds. The molecule has 2 aromatic rings. The van der Waals surface area contributed by atoms with Crippen LogP contribution in [0.25, 0.3) is 0 Å². The zero-order valence-corrected chi connectivity index (χ0v) is 18.4. The number of imidazole rings is 1. The SMILES string of the molecule is Cn1cnc(S(=O)(=O)N2C[C@H](Oc3cc(C(F)(F)F)ncn3)[C@@H](N3CCCCCC3)C2)c1. The maximum atomic E-state index is 13.1. The monoisotopic (exact) mass is 474 g/mol. The van der Waals surface area contributed by atoms with Crippen LogP contribution in [0.5, 0.6) is 5.88 Å². The summed E-state index contributed by atoms with van der Waals surface area (Å²) in [5.74, 6) is -0.228. The van der Waals surface area contributed by atoms with Crippen LogP contribution < -0.4 is 4.74 Å². The van der Waals surface area contributed by atoms with Gasteiger partial charge in [0, 0.05) is 25.9 Å². The number of aryl methyl sites for hydroxylation is 1. The molecule has 4 heterocycles. The van der Waals surface area contributed by atoms with Crippen LogP contribution in [0.3, 0.4) is 0 Å². The van der Waals surface area contributed by atoms with E-state index in [9.17, 15) is 21.6 Å². The van der Waals surface area contributed by atoms with E-state index in [-0.39, 0.29) is 30.0 Å². The fourth-order valence-electron chi connectivity index (χ4n) is 4.18. The first-order valence-electron chi connectivity index (χ1n) is 10.4. The smallest absolute Gasteiger partial charge is 0.433 e. The molecular formula is C19H25F3N6O3S. The molecule has 0 aliphatic carbocycles. The maximum absolute atomic E-state index is 13.1. The Morgan fingerprint density at radius 3 is 2.41 bits per heavy atom. The third-order valence-electron chi connectivity index (χ3n) is 5.80. The van der Waals surface area contributed by atoms with Crippen LogP contribution in [0.15, 0.2) is 29.9 Å². The summed E-state index contributed by atoms with van der Waals surface area (Å²) < 4.78 is 74.1. The fraction of sp³-hybridized carbons (Fsp3) is 0.632. The van der Waals surface area contributed by atoms with E-state index < -0.39 is 28.0 Å². The summed E-state index contributed by atoms with van der Waals surface area (Å²) in [7, 11) is -2.20. The summed E-state index contributed by atoms with van der Waals surface area (Å²) in [6.07, 6.45) is 2.45. The van der Waals surface area contributed by atoms with Crippen LogP contribution in [0, 0.1) is 0 Å². The number of hydrogen-bond acceptors (Lipinski definition) is 7. The predicted molar refractivity (Wildman–Crippen MR) is 107 cm³/mol. The van der Waals surface area contributed by atoms with Gasteiger partial charge in [-0.1, -0.05) is 12.8 Å². The molecule has 2 fully saturated rings. The van der Waals surface area contributed by atoms with Gasteiger partial charge >= 0.3 is 6.18 Å². The summed E-state index contributed by atoms with van der Waals surface area (Å²) in [4.78, 5) is 13.2. The number of alkyl halides is 3. The number of ether oxygens (including phenoxy) is 1. The van der Waals surface area contributed by atoms with Gasteiger partial charge in [-0.2, -0.15) is 17.5 Å². The van der Waals surface area contributed by atoms with Crippen molar-refractivity contribution in [1.29, 1.82) is 0 Å². The Balaban J connectivity index is 1.60. The number of halogens is 3. The Bertz CT molecular complexity index is 1040. The van der Waals surface area contributed by atoms with Crippen molar-refractivity contribution in [1.82, 2.24) is 28.7 Å². The van der Waals surface area contributed by atoms with Crippen LogP contribution in [-0.4, -0.2) is 75.5 Å². The van der Waals surface area contributed by atoms with E-state index in [4.69, 9.17) is 4.74 Å². The van der Waals surface area contributed by atoms with Crippen molar-refractivity contribution in [3.05, 3.63) is 30.6 Å². The van der Waals surface area contributed by atoms with E-state index in [1.54, 1.807) is 11.6 Å². The van der Waals surface area contributed by atoms with Crippen LogP contribution in [0.1, 0.15) is 31.4 Å². The molecule has 0 radical (unpaired) electrons. The lowest BCUT2D eigenvalue weighted by atomic mass is 10.1. The van der Waals surface area contributed by atoms with E-state index in [1.165, 1.54) is 16.8 Å². The molecule has 32 heavy (non-hydrogen) atoms. The molecule has 2 saturated heterocycles. The van der Waals surface area contributed by atoms with Crippen molar-refractivity contribution < 1.29 is 26.3 Å². The molecule has 13 heteroatoms. The maximum Gasteiger partial charge on any atom is 0.433 e. The van der Waals surface area contributed by atoms with Gasteiger partial charge in [-0.15, -0.1) is 0 Å². The van der Waals surface area contributed by atoms with Crippen molar-refractivity contribution in [3.63, 3.8) is 0 Å². The van der Waals surface area contributed by atoms with E-state index in [0.717, 1.165) is 51.2 Å². The molecule has 9 nitrogen and oxygen atoms in total. The average molecular weight is 475 g/mol. The number of aromatic nitrogens is 4. The average Bonchev–Trinajstić information content (AvgIpc) is 3.27. The molecule has 0 unspecified atom stereocenters.